The lowest BCUT2D eigenvalue weighted by molar-refractivity contribution is -0.112. The molecule has 0 aliphatic carbocycles. The first kappa shape index (κ1) is 24.6. The van der Waals surface area contributed by atoms with Crippen LogP contribution in [0.3, 0.4) is 0 Å². The normalized spacial score (nSPS) is 11.0. The average molecular weight is 550 g/mol. The van der Waals surface area contributed by atoms with Gasteiger partial charge in [-0.1, -0.05) is 47.5 Å². The third kappa shape index (κ3) is 6.05. The SMILES string of the molecule is COc1cc(/C=C(\C#N)C(=O)Nc2c(Cl)cccc2Cl)cc(Br)c1OCc1ccccc1F. The molecule has 0 fully saturated rings. The minimum atomic E-state index is -0.678. The van der Waals surface area contributed by atoms with E-state index in [2.05, 4.69) is 21.2 Å². The lowest BCUT2D eigenvalue weighted by Crippen LogP contribution is -2.14. The molecule has 5 nitrogen and oxygen atoms in total. The lowest BCUT2D eigenvalue weighted by Gasteiger charge is -2.14. The van der Waals surface area contributed by atoms with Crippen molar-refractivity contribution >= 4 is 56.8 Å². The Hall–Kier alpha value is -3.05. The fourth-order valence-electron chi connectivity index (χ4n) is 2.84. The van der Waals surface area contributed by atoms with E-state index in [-0.39, 0.29) is 33.7 Å². The van der Waals surface area contributed by atoms with Crippen LogP contribution in [0.15, 0.2) is 64.6 Å². The van der Waals surface area contributed by atoms with E-state index >= 15 is 0 Å². The molecular formula is C24H16BrCl2FN2O3. The van der Waals surface area contributed by atoms with Crippen molar-refractivity contribution in [3.8, 4) is 17.6 Å². The molecule has 0 spiro atoms. The molecule has 168 valence electrons. The number of benzene rings is 3. The van der Waals surface area contributed by atoms with Crippen LogP contribution in [0, 0.1) is 17.1 Å². The highest BCUT2D eigenvalue weighted by Crippen LogP contribution is 2.38. The van der Waals surface area contributed by atoms with Gasteiger partial charge in [-0.05, 0) is 57.9 Å². The molecule has 0 aromatic heterocycles. The van der Waals surface area contributed by atoms with Crippen molar-refractivity contribution in [1.82, 2.24) is 0 Å². The summed E-state index contributed by atoms with van der Waals surface area (Å²) >= 11 is 15.6. The van der Waals surface area contributed by atoms with Crippen molar-refractivity contribution in [3.05, 3.63) is 91.6 Å². The number of anilines is 1. The summed E-state index contributed by atoms with van der Waals surface area (Å²) in [5, 5.41) is 12.6. The number of hydrogen-bond acceptors (Lipinski definition) is 4. The number of nitriles is 1. The number of ether oxygens (including phenoxy) is 2. The molecule has 3 rings (SSSR count). The number of carbonyl (C=O) groups is 1. The van der Waals surface area contributed by atoms with E-state index in [1.54, 1.807) is 48.5 Å². The third-order valence-corrected chi connectivity index (χ3v) is 5.68. The van der Waals surface area contributed by atoms with Crippen LogP contribution in [0.5, 0.6) is 11.5 Å². The molecule has 0 bridgehead atoms. The molecule has 0 radical (unpaired) electrons. The van der Waals surface area contributed by atoms with Crippen molar-refractivity contribution in [2.75, 3.05) is 12.4 Å². The zero-order chi connectivity index (χ0) is 24.0. The summed E-state index contributed by atoms with van der Waals surface area (Å²) in [5.74, 6) is -0.375. The predicted molar refractivity (Wildman–Crippen MR) is 130 cm³/mol. The van der Waals surface area contributed by atoms with Gasteiger partial charge in [0.05, 0.1) is 27.3 Å². The lowest BCUT2D eigenvalue weighted by atomic mass is 10.1. The van der Waals surface area contributed by atoms with Gasteiger partial charge in [-0.15, -0.1) is 0 Å². The molecular weight excluding hydrogens is 534 g/mol. The van der Waals surface area contributed by atoms with Gasteiger partial charge in [0.2, 0.25) is 0 Å². The second-order valence-corrected chi connectivity index (χ2v) is 8.30. The minimum absolute atomic E-state index is 0.0126. The van der Waals surface area contributed by atoms with Crippen molar-refractivity contribution < 1.29 is 18.7 Å². The number of nitrogens with one attached hydrogen (secondary N) is 1. The Morgan fingerprint density at radius 3 is 2.52 bits per heavy atom. The maximum atomic E-state index is 13.9. The Labute approximate surface area is 208 Å². The molecule has 1 N–H and O–H groups in total. The van der Waals surface area contributed by atoms with E-state index in [9.17, 15) is 14.4 Å². The molecule has 0 unspecified atom stereocenters. The van der Waals surface area contributed by atoms with E-state index < -0.39 is 5.91 Å². The van der Waals surface area contributed by atoms with Gasteiger partial charge in [0.25, 0.3) is 5.91 Å². The Bertz CT molecular complexity index is 1250. The van der Waals surface area contributed by atoms with Gasteiger partial charge in [-0.2, -0.15) is 5.26 Å². The zero-order valence-corrected chi connectivity index (χ0v) is 20.3. The Balaban J connectivity index is 1.86. The van der Waals surface area contributed by atoms with Crippen LogP contribution in [-0.4, -0.2) is 13.0 Å². The molecule has 0 saturated heterocycles. The Kier molecular flexibility index (Phi) is 8.34. The summed E-state index contributed by atoms with van der Waals surface area (Å²) in [6.07, 6.45) is 1.38. The van der Waals surface area contributed by atoms with E-state index in [1.165, 1.54) is 19.3 Å². The predicted octanol–water partition coefficient (Wildman–Crippen LogP) is 7.03. The van der Waals surface area contributed by atoms with Gasteiger partial charge < -0.3 is 14.8 Å². The van der Waals surface area contributed by atoms with Crippen molar-refractivity contribution in [2.45, 2.75) is 6.61 Å². The van der Waals surface area contributed by atoms with Gasteiger partial charge in [-0.3, -0.25) is 4.79 Å². The number of para-hydroxylation sites is 1. The van der Waals surface area contributed by atoms with Crippen LogP contribution < -0.4 is 14.8 Å². The number of amides is 1. The van der Waals surface area contributed by atoms with Gasteiger partial charge in [-0.25, -0.2) is 4.39 Å². The van der Waals surface area contributed by atoms with E-state index in [0.29, 0.717) is 27.1 Å². The molecule has 0 atom stereocenters. The third-order valence-electron chi connectivity index (χ3n) is 4.46. The maximum absolute atomic E-state index is 13.9. The average Bonchev–Trinajstić information content (AvgIpc) is 2.79. The van der Waals surface area contributed by atoms with Gasteiger partial charge in [0, 0.05) is 5.56 Å². The van der Waals surface area contributed by atoms with Crippen LogP contribution in [-0.2, 0) is 11.4 Å². The smallest absolute Gasteiger partial charge is 0.266 e. The number of nitrogens with zero attached hydrogens (tertiary/aromatic N) is 1. The number of halogens is 4. The highest BCUT2D eigenvalue weighted by Gasteiger charge is 2.16. The quantitative estimate of drug-likeness (QED) is 0.254. The highest BCUT2D eigenvalue weighted by molar-refractivity contribution is 9.10. The van der Waals surface area contributed by atoms with E-state index in [1.807, 2.05) is 6.07 Å². The number of hydrogen-bond donors (Lipinski definition) is 1. The van der Waals surface area contributed by atoms with E-state index in [4.69, 9.17) is 32.7 Å². The van der Waals surface area contributed by atoms with Crippen LogP contribution in [0.2, 0.25) is 10.0 Å². The maximum Gasteiger partial charge on any atom is 0.266 e. The summed E-state index contributed by atoms with van der Waals surface area (Å²) in [4.78, 5) is 12.6. The summed E-state index contributed by atoms with van der Waals surface area (Å²) in [6.45, 7) is -0.0126. The molecule has 9 heteroatoms. The summed E-state index contributed by atoms with van der Waals surface area (Å²) in [7, 11) is 1.45. The molecule has 0 aliphatic heterocycles. The van der Waals surface area contributed by atoms with Gasteiger partial charge in [0.1, 0.15) is 24.1 Å². The molecule has 1 amide bonds. The van der Waals surface area contributed by atoms with Crippen molar-refractivity contribution in [2.24, 2.45) is 0 Å². The first-order chi connectivity index (χ1) is 15.8. The molecule has 0 aliphatic rings. The topological polar surface area (TPSA) is 71.3 Å². The Morgan fingerprint density at radius 1 is 1.18 bits per heavy atom. The fraction of sp³-hybridized carbons (Fsp3) is 0.0833. The van der Waals surface area contributed by atoms with Gasteiger partial charge in [0.15, 0.2) is 11.5 Å². The minimum Gasteiger partial charge on any atom is -0.493 e. The largest absolute Gasteiger partial charge is 0.493 e. The second-order valence-electron chi connectivity index (χ2n) is 6.63. The molecule has 33 heavy (non-hydrogen) atoms. The number of rotatable bonds is 7. The van der Waals surface area contributed by atoms with Crippen LogP contribution in [0.4, 0.5) is 10.1 Å². The Morgan fingerprint density at radius 2 is 1.88 bits per heavy atom. The van der Waals surface area contributed by atoms with Crippen molar-refractivity contribution in [1.29, 1.82) is 5.26 Å². The van der Waals surface area contributed by atoms with Crippen molar-refractivity contribution in [3.63, 3.8) is 0 Å². The highest BCUT2D eigenvalue weighted by atomic mass is 79.9. The van der Waals surface area contributed by atoms with Crippen LogP contribution in [0.25, 0.3) is 6.08 Å². The monoisotopic (exact) mass is 548 g/mol. The number of carbonyl (C=O) groups excluding carboxylic acids is 1. The standard InChI is InChI=1S/C24H16BrCl2FN2O3/c1-32-21-11-14(10-17(25)23(21)33-13-15-5-2-3-8-20(15)28)9-16(12-29)24(31)30-22-18(26)6-4-7-19(22)27/h2-11H,13H2,1H3,(H,30,31)/b16-9+. The molecule has 0 saturated carbocycles. The van der Waals surface area contributed by atoms with Crippen LogP contribution in [0.1, 0.15) is 11.1 Å². The first-order valence-corrected chi connectivity index (χ1v) is 11.0. The summed E-state index contributed by atoms with van der Waals surface area (Å²) in [6, 6.07) is 16.2. The van der Waals surface area contributed by atoms with E-state index in [0.717, 1.165) is 0 Å². The van der Waals surface area contributed by atoms with Gasteiger partial charge >= 0.3 is 0 Å². The molecule has 0 heterocycles. The summed E-state index contributed by atoms with van der Waals surface area (Å²) < 4.78 is 25.5. The second kappa shape index (κ2) is 11.2. The summed E-state index contributed by atoms with van der Waals surface area (Å²) in [5.41, 5.74) is 0.911. The van der Waals surface area contributed by atoms with Crippen LogP contribution >= 0.6 is 39.1 Å². The first-order valence-electron chi connectivity index (χ1n) is 9.45. The fourth-order valence-corrected chi connectivity index (χ4v) is 3.91. The molecule has 3 aromatic rings. The number of methoxy groups -OCH3 is 1. The zero-order valence-electron chi connectivity index (χ0n) is 17.2. The molecule has 3 aromatic carbocycles.